The Labute approximate surface area is 116 Å². The zero-order valence-corrected chi connectivity index (χ0v) is 11.3. The van der Waals surface area contributed by atoms with Crippen molar-refractivity contribution in [1.29, 1.82) is 5.41 Å². The molecular weight excluding hydrogens is 273 g/mol. The van der Waals surface area contributed by atoms with E-state index in [1.54, 1.807) is 0 Å². The van der Waals surface area contributed by atoms with Gasteiger partial charge < -0.3 is 10.5 Å². The number of nitrogens with one attached hydrogen (secondary N) is 1. The number of amidine groups is 1. The predicted octanol–water partition coefficient (Wildman–Crippen LogP) is 2.13. The summed E-state index contributed by atoms with van der Waals surface area (Å²) in [4.78, 5) is 2.14. The molecule has 0 radical (unpaired) electrons. The Morgan fingerprint density at radius 3 is 2.72 bits per heavy atom. The lowest BCUT2D eigenvalue weighted by molar-refractivity contribution is 0.00238. The molecule has 1 aliphatic rings. The third kappa shape index (κ3) is 3.14. The highest BCUT2D eigenvalue weighted by molar-refractivity contribution is 6.35. The van der Waals surface area contributed by atoms with Gasteiger partial charge in [0, 0.05) is 35.2 Å². The molecule has 0 aromatic heterocycles. The van der Waals surface area contributed by atoms with Gasteiger partial charge in [0.25, 0.3) is 0 Å². The first-order valence-electron chi connectivity index (χ1n) is 5.68. The van der Waals surface area contributed by atoms with Crippen LogP contribution < -0.4 is 5.73 Å². The summed E-state index contributed by atoms with van der Waals surface area (Å²) in [5.41, 5.74) is 6.37. The Kier molecular flexibility index (Phi) is 4.45. The standard InChI is InChI=1S/C12H15Cl2N3O/c13-9-2-1-3-10(14)8(9)6-17-4-5-18-11(7-17)12(15)16/h1-3,11H,4-7H2,(H3,15,16). The number of benzene rings is 1. The Hall–Kier alpha value is -0.810. The summed E-state index contributed by atoms with van der Waals surface area (Å²) in [6, 6.07) is 5.48. The fourth-order valence-electron chi connectivity index (χ4n) is 1.94. The molecule has 1 aliphatic heterocycles. The van der Waals surface area contributed by atoms with Gasteiger partial charge in [-0.15, -0.1) is 0 Å². The molecule has 0 spiro atoms. The normalized spacial score (nSPS) is 20.9. The molecule has 98 valence electrons. The van der Waals surface area contributed by atoms with Crippen molar-refractivity contribution in [2.75, 3.05) is 19.7 Å². The van der Waals surface area contributed by atoms with Gasteiger partial charge in [0.1, 0.15) is 11.9 Å². The van der Waals surface area contributed by atoms with E-state index in [1.165, 1.54) is 0 Å². The molecule has 1 aromatic rings. The SMILES string of the molecule is N=C(N)C1CN(Cc2c(Cl)cccc2Cl)CCO1. The summed E-state index contributed by atoms with van der Waals surface area (Å²) in [6.07, 6.45) is -0.333. The van der Waals surface area contributed by atoms with Crippen LogP contribution in [0, 0.1) is 5.41 Å². The van der Waals surface area contributed by atoms with E-state index in [0.29, 0.717) is 29.7 Å². The van der Waals surface area contributed by atoms with Crippen LogP contribution in [0.4, 0.5) is 0 Å². The molecule has 0 bridgehead atoms. The summed E-state index contributed by atoms with van der Waals surface area (Å²) in [5, 5.41) is 8.74. The third-order valence-electron chi connectivity index (χ3n) is 2.94. The molecule has 1 saturated heterocycles. The number of rotatable bonds is 3. The molecular formula is C12H15Cl2N3O. The average molecular weight is 288 g/mol. The number of nitrogens with two attached hydrogens (primary N) is 1. The van der Waals surface area contributed by atoms with Gasteiger partial charge in [-0.25, -0.2) is 0 Å². The van der Waals surface area contributed by atoms with Crippen molar-refractivity contribution in [3.05, 3.63) is 33.8 Å². The van der Waals surface area contributed by atoms with Crippen molar-refractivity contribution < 1.29 is 4.74 Å². The first-order chi connectivity index (χ1) is 8.58. The van der Waals surface area contributed by atoms with E-state index in [9.17, 15) is 0 Å². The maximum absolute atomic E-state index is 7.42. The molecule has 4 nitrogen and oxygen atoms in total. The number of ether oxygens (including phenoxy) is 1. The van der Waals surface area contributed by atoms with Crippen molar-refractivity contribution in [1.82, 2.24) is 4.90 Å². The molecule has 0 amide bonds. The third-order valence-corrected chi connectivity index (χ3v) is 3.65. The van der Waals surface area contributed by atoms with Crippen LogP contribution in [0.2, 0.25) is 10.0 Å². The highest BCUT2D eigenvalue weighted by Gasteiger charge is 2.23. The van der Waals surface area contributed by atoms with Crippen LogP contribution in [0.25, 0.3) is 0 Å². The maximum Gasteiger partial charge on any atom is 0.127 e. The molecule has 1 aromatic carbocycles. The minimum absolute atomic E-state index is 0.0601. The highest BCUT2D eigenvalue weighted by Crippen LogP contribution is 2.26. The zero-order valence-electron chi connectivity index (χ0n) is 9.83. The van der Waals surface area contributed by atoms with E-state index in [4.69, 9.17) is 39.1 Å². The van der Waals surface area contributed by atoms with Crippen LogP contribution in [-0.2, 0) is 11.3 Å². The second kappa shape index (κ2) is 5.89. The monoisotopic (exact) mass is 287 g/mol. The van der Waals surface area contributed by atoms with E-state index in [-0.39, 0.29) is 11.9 Å². The van der Waals surface area contributed by atoms with Crippen LogP contribution in [-0.4, -0.2) is 36.5 Å². The second-order valence-electron chi connectivity index (χ2n) is 4.25. The van der Waals surface area contributed by atoms with Crippen LogP contribution in [0.15, 0.2) is 18.2 Å². The van der Waals surface area contributed by atoms with Gasteiger partial charge >= 0.3 is 0 Å². The molecule has 2 rings (SSSR count). The van der Waals surface area contributed by atoms with Gasteiger partial charge in [-0.1, -0.05) is 29.3 Å². The van der Waals surface area contributed by atoms with Crippen molar-refractivity contribution in [2.24, 2.45) is 5.73 Å². The van der Waals surface area contributed by atoms with Crippen molar-refractivity contribution in [3.63, 3.8) is 0 Å². The maximum atomic E-state index is 7.42. The molecule has 1 fully saturated rings. The van der Waals surface area contributed by atoms with Crippen LogP contribution in [0.3, 0.4) is 0 Å². The topological polar surface area (TPSA) is 62.3 Å². The van der Waals surface area contributed by atoms with E-state index in [1.807, 2.05) is 18.2 Å². The quantitative estimate of drug-likeness (QED) is 0.661. The minimum Gasteiger partial charge on any atom is -0.385 e. The Balaban J connectivity index is 2.07. The van der Waals surface area contributed by atoms with Crippen LogP contribution in [0.5, 0.6) is 0 Å². The van der Waals surface area contributed by atoms with Crippen molar-refractivity contribution in [3.8, 4) is 0 Å². The van der Waals surface area contributed by atoms with Gasteiger partial charge in [-0.2, -0.15) is 0 Å². The average Bonchev–Trinajstić information content (AvgIpc) is 2.34. The number of hydrogen-bond acceptors (Lipinski definition) is 3. The fraction of sp³-hybridized carbons (Fsp3) is 0.417. The highest BCUT2D eigenvalue weighted by atomic mass is 35.5. The smallest absolute Gasteiger partial charge is 0.127 e. The number of hydrogen-bond donors (Lipinski definition) is 2. The Morgan fingerprint density at radius 2 is 2.11 bits per heavy atom. The van der Waals surface area contributed by atoms with Gasteiger partial charge in [-0.3, -0.25) is 10.3 Å². The molecule has 0 aliphatic carbocycles. The van der Waals surface area contributed by atoms with E-state index < -0.39 is 0 Å². The lowest BCUT2D eigenvalue weighted by atomic mass is 10.2. The largest absolute Gasteiger partial charge is 0.385 e. The van der Waals surface area contributed by atoms with Gasteiger partial charge in [0.2, 0.25) is 0 Å². The number of morpholine rings is 1. The molecule has 18 heavy (non-hydrogen) atoms. The van der Waals surface area contributed by atoms with E-state index >= 15 is 0 Å². The number of halogens is 2. The summed E-state index contributed by atoms with van der Waals surface area (Å²) < 4.78 is 5.41. The molecule has 0 saturated carbocycles. The van der Waals surface area contributed by atoms with Crippen LogP contribution >= 0.6 is 23.2 Å². The lowest BCUT2D eigenvalue weighted by Crippen LogP contribution is -2.47. The van der Waals surface area contributed by atoms with Crippen LogP contribution in [0.1, 0.15) is 5.56 Å². The zero-order chi connectivity index (χ0) is 13.1. The van der Waals surface area contributed by atoms with E-state index in [2.05, 4.69) is 4.90 Å². The summed E-state index contributed by atoms with van der Waals surface area (Å²) in [5.74, 6) is 0.0601. The second-order valence-corrected chi connectivity index (χ2v) is 5.06. The Morgan fingerprint density at radius 1 is 1.44 bits per heavy atom. The van der Waals surface area contributed by atoms with Crippen molar-refractivity contribution in [2.45, 2.75) is 12.6 Å². The van der Waals surface area contributed by atoms with Gasteiger partial charge in [0.05, 0.1) is 6.61 Å². The summed E-state index contributed by atoms with van der Waals surface area (Å²) in [6.45, 7) is 2.58. The first kappa shape index (κ1) is 13.6. The predicted molar refractivity (Wildman–Crippen MR) is 73.4 cm³/mol. The molecule has 1 atom stereocenters. The minimum atomic E-state index is -0.333. The van der Waals surface area contributed by atoms with Gasteiger partial charge in [-0.05, 0) is 12.1 Å². The first-order valence-corrected chi connectivity index (χ1v) is 6.44. The summed E-state index contributed by atoms with van der Waals surface area (Å²) in [7, 11) is 0. The fourth-order valence-corrected chi connectivity index (χ4v) is 2.46. The van der Waals surface area contributed by atoms with Gasteiger partial charge in [0.15, 0.2) is 0 Å². The number of nitrogens with zero attached hydrogens (tertiary/aromatic N) is 1. The molecule has 6 heteroatoms. The molecule has 1 heterocycles. The molecule has 3 N–H and O–H groups in total. The Bertz CT molecular complexity index is 433. The van der Waals surface area contributed by atoms with E-state index in [0.717, 1.165) is 12.1 Å². The summed E-state index contributed by atoms with van der Waals surface area (Å²) >= 11 is 12.3. The molecule has 1 unspecified atom stereocenters. The van der Waals surface area contributed by atoms with Crippen molar-refractivity contribution >= 4 is 29.0 Å². The lowest BCUT2D eigenvalue weighted by Gasteiger charge is -2.32.